The van der Waals surface area contributed by atoms with E-state index in [2.05, 4.69) is 0 Å². The Kier molecular flexibility index (Phi) is 5.13. The molecule has 1 aromatic rings. The summed E-state index contributed by atoms with van der Waals surface area (Å²) in [5, 5.41) is 0.657. The van der Waals surface area contributed by atoms with Gasteiger partial charge < -0.3 is 10.5 Å². The van der Waals surface area contributed by atoms with E-state index in [-0.39, 0.29) is 6.04 Å². The summed E-state index contributed by atoms with van der Waals surface area (Å²) in [6.07, 6.45) is 0. The summed E-state index contributed by atoms with van der Waals surface area (Å²) in [7, 11) is 0. The van der Waals surface area contributed by atoms with Crippen LogP contribution in [0.5, 0.6) is 5.75 Å². The fraction of sp³-hybridized carbons (Fsp3) is 0.333. The van der Waals surface area contributed by atoms with Crippen molar-refractivity contribution >= 4 is 23.2 Å². The molecule has 0 unspecified atom stereocenters. The molecule has 1 atom stereocenters. The van der Waals surface area contributed by atoms with Crippen molar-refractivity contribution in [2.45, 2.75) is 19.9 Å². The fourth-order valence-corrected chi connectivity index (χ4v) is 1.47. The van der Waals surface area contributed by atoms with Crippen LogP contribution in [0.15, 0.2) is 29.3 Å². The van der Waals surface area contributed by atoms with E-state index in [1.807, 2.05) is 26.0 Å². The minimum absolute atomic E-state index is 0.117. The maximum absolute atomic E-state index is 5.91. The van der Waals surface area contributed by atoms with Gasteiger partial charge in [0.25, 0.3) is 0 Å². The van der Waals surface area contributed by atoms with Gasteiger partial charge in [0.05, 0.1) is 0 Å². The lowest BCUT2D eigenvalue weighted by Gasteiger charge is -2.14. The molecule has 2 nitrogen and oxygen atoms in total. The Labute approximate surface area is 106 Å². The van der Waals surface area contributed by atoms with E-state index in [1.165, 1.54) is 5.54 Å². The van der Waals surface area contributed by atoms with Crippen LogP contribution in [-0.2, 0) is 0 Å². The third-order valence-electron chi connectivity index (χ3n) is 2.10. The van der Waals surface area contributed by atoms with Gasteiger partial charge in [-0.05, 0) is 37.6 Å². The first-order valence-electron chi connectivity index (χ1n) is 4.98. The Balaban J connectivity index is 2.87. The number of nitrogens with two attached hydrogens (primary N) is 1. The second kappa shape index (κ2) is 6.14. The van der Waals surface area contributed by atoms with E-state index in [0.717, 1.165) is 16.9 Å². The topological polar surface area (TPSA) is 35.2 Å². The van der Waals surface area contributed by atoms with Gasteiger partial charge in [0.2, 0.25) is 0 Å². The van der Waals surface area contributed by atoms with Gasteiger partial charge in [-0.1, -0.05) is 23.2 Å². The zero-order valence-electron chi connectivity index (χ0n) is 9.34. The molecule has 0 amide bonds. The minimum atomic E-state index is -0.117. The molecule has 88 valence electrons. The number of halogens is 2. The van der Waals surface area contributed by atoms with E-state index in [0.29, 0.717) is 11.6 Å². The van der Waals surface area contributed by atoms with E-state index in [9.17, 15) is 0 Å². The van der Waals surface area contributed by atoms with Crippen LogP contribution in [0.1, 0.15) is 25.5 Å². The lowest BCUT2D eigenvalue weighted by atomic mass is 10.1. The molecule has 0 bridgehead atoms. The molecular weight excluding hydrogens is 245 g/mol. The van der Waals surface area contributed by atoms with Crippen molar-refractivity contribution in [1.29, 1.82) is 0 Å². The zero-order chi connectivity index (χ0) is 12.1. The van der Waals surface area contributed by atoms with Crippen molar-refractivity contribution in [3.8, 4) is 5.75 Å². The molecule has 2 N–H and O–H groups in total. The number of rotatable bonds is 4. The summed E-state index contributed by atoms with van der Waals surface area (Å²) in [4.78, 5) is 0. The monoisotopic (exact) mass is 259 g/mol. The first-order chi connectivity index (χ1) is 7.54. The molecular formula is C12H15Cl2NO. The maximum Gasteiger partial charge on any atom is 0.124 e. The second-order valence-electron chi connectivity index (χ2n) is 3.71. The first-order valence-corrected chi connectivity index (χ1v) is 5.79. The molecule has 0 aliphatic heterocycles. The molecule has 1 aromatic carbocycles. The van der Waals surface area contributed by atoms with Crippen molar-refractivity contribution in [1.82, 2.24) is 0 Å². The van der Waals surface area contributed by atoms with Gasteiger partial charge in [0.15, 0.2) is 0 Å². The Morgan fingerprint density at radius 3 is 2.81 bits per heavy atom. The summed E-state index contributed by atoms with van der Waals surface area (Å²) < 4.78 is 5.61. The Hall–Kier alpha value is -0.700. The molecule has 0 aliphatic rings. The summed E-state index contributed by atoms with van der Waals surface area (Å²) in [5.41, 5.74) is 9.19. The van der Waals surface area contributed by atoms with Crippen LogP contribution in [0.4, 0.5) is 0 Å². The van der Waals surface area contributed by atoms with Crippen molar-refractivity contribution in [2.24, 2.45) is 5.73 Å². The average Bonchev–Trinajstić information content (AvgIpc) is 2.26. The summed E-state index contributed by atoms with van der Waals surface area (Å²) in [5.74, 6) is 0.747. The number of hydrogen-bond acceptors (Lipinski definition) is 2. The van der Waals surface area contributed by atoms with Crippen LogP contribution < -0.4 is 10.5 Å². The third-order valence-corrected chi connectivity index (χ3v) is 2.71. The molecule has 0 saturated carbocycles. The van der Waals surface area contributed by atoms with Crippen LogP contribution in [0, 0.1) is 0 Å². The second-order valence-corrected chi connectivity index (χ2v) is 4.37. The van der Waals surface area contributed by atoms with Crippen LogP contribution in [0.25, 0.3) is 0 Å². The lowest BCUT2D eigenvalue weighted by molar-refractivity contribution is 0.346. The van der Waals surface area contributed by atoms with E-state index in [4.69, 9.17) is 33.7 Å². The van der Waals surface area contributed by atoms with Gasteiger partial charge in [0, 0.05) is 22.2 Å². The Morgan fingerprint density at radius 2 is 2.25 bits per heavy atom. The zero-order valence-corrected chi connectivity index (χ0v) is 10.8. The normalized spacial score (nSPS) is 13.7. The summed E-state index contributed by atoms with van der Waals surface area (Å²) >= 11 is 11.5. The molecule has 4 heteroatoms. The molecule has 0 heterocycles. The van der Waals surface area contributed by atoms with Crippen LogP contribution in [0.3, 0.4) is 0 Å². The molecule has 0 saturated heterocycles. The SMILES string of the molecule is C/C(=C\Cl)COc1ccc(Cl)cc1[C@@H](C)N. The van der Waals surface area contributed by atoms with Crippen LogP contribution >= 0.6 is 23.2 Å². The quantitative estimate of drug-likeness (QED) is 0.891. The summed E-state index contributed by atoms with van der Waals surface area (Å²) in [6, 6.07) is 5.31. The number of benzene rings is 1. The van der Waals surface area contributed by atoms with E-state index < -0.39 is 0 Å². The molecule has 0 fully saturated rings. The van der Waals surface area contributed by atoms with Gasteiger partial charge in [-0.2, -0.15) is 0 Å². The largest absolute Gasteiger partial charge is 0.489 e. The molecule has 1 rings (SSSR count). The minimum Gasteiger partial charge on any atom is -0.489 e. The molecule has 0 aliphatic carbocycles. The molecule has 0 radical (unpaired) electrons. The van der Waals surface area contributed by atoms with Gasteiger partial charge in [-0.25, -0.2) is 0 Å². The lowest BCUT2D eigenvalue weighted by Crippen LogP contribution is -2.09. The predicted molar refractivity (Wildman–Crippen MR) is 69.2 cm³/mol. The van der Waals surface area contributed by atoms with Crippen molar-refractivity contribution in [3.63, 3.8) is 0 Å². The maximum atomic E-state index is 5.91. The Bertz CT molecular complexity index is 389. The Morgan fingerprint density at radius 1 is 1.56 bits per heavy atom. The number of hydrogen-bond donors (Lipinski definition) is 1. The van der Waals surface area contributed by atoms with Crippen molar-refractivity contribution in [2.75, 3.05) is 6.61 Å². The van der Waals surface area contributed by atoms with Crippen molar-refractivity contribution < 1.29 is 4.74 Å². The highest BCUT2D eigenvalue weighted by molar-refractivity contribution is 6.30. The van der Waals surface area contributed by atoms with Crippen LogP contribution in [0.2, 0.25) is 5.02 Å². The highest BCUT2D eigenvalue weighted by Gasteiger charge is 2.08. The summed E-state index contributed by atoms with van der Waals surface area (Å²) in [6.45, 7) is 4.24. The number of ether oxygens (including phenoxy) is 1. The van der Waals surface area contributed by atoms with Gasteiger partial charge in [-0.15, -0.1) is 0 Å². The molecule has 16 heavy (non-hydrogen) atoms. The fourth-order valence-electron chi connectivity index (χ4n) is 1.23. The van der Waals surface area contributed by atoms with Gasteiger partial charge >= 0.3 is 0 Å². The van der Waals surface area contributed by atoms with Crippen LogP contribution in [-0.4, -0.2) is 6.61 Å². The smallest absolute Gasteiger partial charge is 0.124 e. The van der Waals surface area contributed by atoms with Crippen molar-refractivity contribution in [3.05, 3.63) is 39.9 Å². The molecule has 0 aromatic heterocycles. The third kappa shape index (κ3) is 3.71. The highest BCUT2D eigenvalue weighted by Crippen LogP contribution is 2.27. The first kappa shape index (κ1) is 13.4. The standard InChI is InChI=1S/C12H15Cl2NO/c1-8(6-13)7-16-12-4-3-10(14)5-11(12)9(2)15/h3-6,9H,7,15H2,1-2H3/b8-6+/t9-/m1/s1. The van der Waals surface area contributed by atoms with Gasteiger partial charge in [-0.3, -0.25) is 0 Å². The molecule has 0 spiro atoms. The van der Waals surface area contributed by atoms with E-state index >= 15 is 0 Å². The van der Waals surface area contributed by atoms with E-state index in [1.54, 1.807) is 6.07 Å². The van der Waals surface area contributed by atoms with Gasteiger partial charge in [0.1, 0.15) is 12.4 Å². The average molecular weight is 260 g/mol. The highest BCUT2D eigenvalue weighted by atomic mass is 35.5. The predicted octanol–water partition coefficient (Wildman–Crippen LogP) is 3.88.